The molecule has 0 fully saturated rings. The summed E-state index contributed by atoms with van der Waals surface area (Å²) in [6.07, 6.45) is 0.0450. The average molecular weight is 380 g/mol. The van der Waals surface area contributed by atoms with Crippen molar-refractivity contribution in [3.05, 3.63) is 44.8 Å². The van der Waals surface area contributed by atoms with Crippen LogP contribution < -0.4 is 0 Å². The summed E-state index contributed by atoms with van der Waals surface area (Å²) in [7, 11) is 0. The van der Waals surface area contributed by atoms with Gasteiger partial charge in [-0.3, -0.25) is 14.4 Å². The first-order chi connectivity index (χ1) is 12.1. The molecule has 0 aromatic carbocycles. The van der Waals surface area contributed by atoms with E-state index in [9.17, 15) is 14.4 Å². The monoisotopic (exact) mass is 380 g/mol. The second-order valence-electron chi connectivity index (χ2n) is 5.21. The van der Waals surface area contributed by atoms with Crippen LogP contribution in [0.4, 0.5) is 0 Å². The number of ketones is 1. The summed E-state index contributed by atoms with van der Waals surface area (Å²) in [6, 6.07) is 7.19. The number of thiophene rings is 2. The standard InChI is InChI=1S/C18H20O5S2/c1-3-22-17(20)16(18(21)23-4-2)12(14-7-5-9-24-14)11-13(19)15-8-6-10-25-15/h5-10,12,16H,3-4,11H2,1-2H3/t12-/m1/s1. The van der Waals surface area contributed by atoms with Crippen LogP contribution in [-0.2, 0) is 19.1 Å². The first-order valence-corrected chi connectivity index (χ1v) is 9.77. The third-order valence-corrected chi connectivity index (χ3v) is 5.51. The molecule has 1 atom stereocenters. The molecule has 0 aliphatic heterocycles. The molecule has 0 aliphatic rings. The number of Topliss-reactive ketones (excluding diaryl/α,β-unsaturated/α-hetero) is 1. The van der Waals surface area contributed by atoms with Gasteiger partial charge in [0.25, 0.3) is 0 Å². The molecule has 0 unspecified atom stereocenters. The molecular formula is C18H20O5S2. The number of ether oxygens (including phenoxy) is 2. The number of carbonyl (C=O) groups is 3. The van der Waals surface area contributed by atoms with Crippen LogP contribution in [0.5, 0.6) is 0 Å². The summed E-state index contributed by atoms with van der Waals surface area (Å²) in [4.78, 5) is 38.9. The maximum atomic E-state index is 12.6. The Morgan fingerprint density at radius 1 is 0.960 bits per heavy atom. The van der Waals surface area contributed by atoms with E-state index in [1.54, 1.807) is 26.0 Å². The highest BCUT2D eigenvalue weighted by atomic mass is 32.1. The van der Waals surface area contributed by atoms with Gasteiger partial charge in [-0.2, -0.15) is 0 Å². The van der Waals surface area contributed by atoms with Crippen molar-refractivity contribution >= 4 is 40.4 Å². The molecule has 0 radical (unpaired) electrons. The van der Waals surface area contributed by atoms with Crippen LogP contribution in [0, 0.1) is 5.92 Å². The van der Waals surface area contributed by atoms with E-state index in [0.29, 0.717) is 4.88 Å². The summed E-state index contributed by atoms with van der Waals surface area (Å²) in [5, 5.41) is 3.67. The fourth-order valence-corrected chi connectivity index (χ4v) is 4.05. The van der Waals surface area contributed by atoms with Gasteiger partial charge in [0, 0.05) is 17.2 Å². The van der Waals surface area contributed by atoms with Crippen LogP contribution in [0.1, 0.15) is 40.7 Å². The number of hydrogen-bond donors (Lipinski definition) is 0. The fourth-order valence-electron chi connectivity index (χ4n) is 2.51. The van der Waals surface area contributed by atoms with Crippen molar-refractivity contribution in [2.75, 3.05) is 13.2 Å². The normalized spacial score (nSPS) is 12.0. The summed E-state index contributed by atoms with van der Waals surface area (Å²) in [5.41, 5.74) is 0. The van der Waals surface area contributed by atoms with Crippen molar-refractivity contribution in [1.29, 1.82) is 0 Å². The van der Waals surface area contributed by atoms with Gasteiger partial charge in [0.1, 0.15) is 0 Å². The molecule has 0 spiro atoms. The minimum Gasteiger partial charge on any atom is -0.465 e. The van der Waals surface area contributed by atoms with Crippen molar-refractivity contribution < 1.29 is 23.9 Å². The van der Waals surface area contributed by atoms with E-state index >= 15 is 0 Å². The highest BCUT2D eigenvalue weighted by Gasteiger charge is 2.40. The van der Waals surface area contributed by atoms with E-state index in [1.165, 1.54) is 22.7 Å². The van der Waals surface area contributed by atoms with Gasteiger partial charge in [0.15, 0.2) is 11.7 Å². The van der Waals surface area contributed by atoms with Gasteiger partial charge in [-0.1, -0.05) is 12.1 Å². The van der Waals surface area contributed by atoms with Gasteiger partial charge >= 0.3 is 11.9 Å². The number of rotatable bonds is 9. The minimum absolute atomic E-state index is 0.0450. The SMILES string of the molecule is CCOC(=O)C(C(=O)OCC)[C@H](CC(=O)c1cccs1)c1cccs1. The van der Waals surface area contributed by atoms with Gasteiger partial charge in [-0.25, -0.2) is 0 Å². The van der Waals surface area contributed by atoms with Gasteiger partial charge in [-0.05, 0) is 36.7 Å². The molecule has 5 nitrogen and oxygen atoms in total. The van der Waals surface area contributed by atoms with E-state index in [1.807, 2.05) is 22.9 Å². The molecule has 0 amide bonds. The lowest BCUT2D eigenvalue weighted by Crippen LogP contribution is -2.34. The topological polar surface area (TPSA) is 69.7 Å². The first-order valence-electron chi connectivity index (χ1n) is 8.01. The maximum Gasteiger partial charge on any atom is 0.320 e. The summed E-state index contributed by atoms with van der Waals surface area (Å²) >= 11 is 2.75. The van der Waals surface area contributed by atoms with Gasteiger partial charge < -0.3 is 9.47 Å². The van der Waals surface area contributed by atoms with Crippen molar-refractivity contribution in [3.8, 4) is 0 Å². The van der Waals surface area contributed by atoms with Crippen molar-refractivity contribution in [1.82, 2.24) is 0 Å². The van der Waals surface area contributed by atoms with Crippen LogP contribution in [0.2, 0.25) is 0 Å². The lowest BCUT2D eigenvalue weighted by atomic mass is 9.86. The molecule has 2 aromatic rings. The molecule has 0 N–H and O–H groups in total. The van der Waals surface area contributed by atoms with Crippen LogP contribution in [-0.4, -0.2) is 30.9 Å². The highest BCUT2D eigenvalue weighted by Crippen LogP contribution is 2.35. The lowest BCUT2D eigenvalue weighted by molar-refractivity contribution is -0.162. The second kappa shape index (κ2) is 9.48. The Kier molecular flexibility index (Phi) is 7.33. The molecular weight excluding hydrogens is 360 g/mol. The Labute approximate surface area is 154 Å². The summed E-state index contributed by atoms with van der Waals surface area (Å²) in [6.45, 7) is 3.67. The van der Waals surface area contributed by atoms with Crippen LogP contribution in [0.15, 0.2) is 35.0 Å². The van der Waals surface area contributed by atoms with Crippen molar-refractivity contribution in [2.45, 2.75) is 26.2 Å². The molecule has 0 saturated carbocycles. The third kappa shape index (κ3) is 4.99. The Bertz CT molecular complexity index is 673. The molecule has 0 aliphatic carbocycles. The van der Waals surface area contributed by atoms with Crippen LogP contribution in [0.3, 0.4) is 0 Å². The first kappa shape index (κ1) is 19.3. The Morgan fingerprint density at radius 3 is 2.04 bits per heavy atom. The van der Waals surface area contributed by atoms with E-state index in [0.717, 1.165) is 4.88 Å². The summed E-state index contributed by atoms with van der Waals surface area (Å²) in [5.74, 6) is -3.17. The zero-order valence-corrected chi connectivity index (χ0v) is 15.7. The number of hydrogen-bond acceptors (Lipinski definition) is 7. The molecule has 0 saturated heterocycles. The zero-order chi connectivity index (χ0) is 18.2. The predicted octanol–water partition coefficient (Wildman–Crippen LogP) is 3.91. The average Bonchev–Trinajstić information content (AvgIpc) is 3.28. The van der Waals surface area contributed by atoms with Gasteiger partial charge in [-0.15, -0.1) is 22.7 Å². The zero-order valence-electron chi connectivity index (χ0n) is 14.1. The Balaban J connectivity index is 2.34. The molecule has 0 bridgehead atoms. The predicted molar refractivity (Wildman–Crippen MR) is 97.1 cm³/mol. The van der Waals surface area contributed by atoms with Gasteiger partial charge in [0.2, 0.25) is 0 Å². The molecule has 2 heterocycles. The molecule has 25 heavy (non-hydrogen) atoms. The highest BCUT2D eigenvalue weighted by molar-refractivity contribution is 7.12. The molecule has 2 rings (SSSR count). The molecule has 7 heteroatoms. The summed E-state index contributed by atoms with van der Waals surface area (Å²) < 4.78 is 10.2. The van der Waals surface area contributed by atoms with E-state index in [-0.39, 0.29) is 25.4 Å². The smallest absolute Gasteiger partial charge is 0.320 e. The molecule has 2 aromatic heterocycles. The number of esters is 2. The lowest BCUT2D eigenvalue weighted by Gasteiger charge is -2.22. The largest absolute Gasteiger partial charge is 0.465 e. The second-order valence-corrected chi connectivity index (χ2v) is 7.14. The van der Waals surface area contributed by atoms with E-state index in [4.69, 9.17) is 9.47 Å². The third-order valence-electron chi connectivity index (χ3n) is 3.59. The van der Waals surface area contributed by atoms with Gasteiger partial charge in [0.05, 0.1) is 18.1 Å². The fraction of sp³-hybridized carbons (Fsp3) is 0.389. The maximum absolute atomic E-state index is 12.6. The van der Waals surface area contributed by atoms with E-state index < -0.39 is 23.8 Å². The minimum atomic E-state index is -1.15. The molecule has 134 valence electrons. The number of carbonyl (C=O) groups excluding carboxylic acids is 3. The van der Waals surface area contributed by atoms with E-state index in [2.05, 4.69) is 0 Å². The Morgan fingerprint density at radius 2 is 1.56 bits per heavy atom. The Hall–Kier alpha value is -1.99. The van der Waals surface area contributed by atoms with Crippen molar-refractivity contribution in [2.24, 2.45) is 5.92 Å². The van der Waals surface area contributed by atoms with Crippen LogP contribution >= 0.6 is 22.7 Å². The van der Waals surface area contributed by atoms with Crippen LogP contribution in [0.25, 0.3) is 0 Å². The quantitative estimate of drug-likeness (QED) is 0.375. The van der Waals surface area contributed by atoms with Crippen molar-refractivity contribution in [3.63, 3.8) is 0 Å².